The van der Waals surface area contributed by atoms with E-state index < -0.39 is 5.60 Å². The Hall–Kier alpha value is -3.01. The molecule has 1 amide bonds. The Labute approximate surface area is 172 Å². The van der Waals surface area contributed by atoms with E-state index in [-0.39, 0.29) is 12.1 Å². The predicted molar refractivity (Wildman–Crippen MR) is 118 cm³/mol. The van der Waals surface area contributed by atoms with Gasteiger partial charge >= 0.3 is 6.09 Å². The summed E-state index contributed by atoms with van der Waals surface area (Å²) in [5.74, 6) is 0. The largest absolute Gasteiger partial charge is 0.444 e. The molecule has 3 aromatic carbocycles. The van der Waals surface area contributed by atoms with Gasteiger partial charge in [0.15, 0.2) is 0 Å². The molecule has 0 N–H and O–H groups in total. The van der Waals surface area contributed by atoms with Crippen LogP contribution >= 0.6 is 0 Å². The van der Waals surface area contributed by atoms with Crippen LogP contribution in [0.3, 0.4) is 0 Å². The second kappa shape index (κ2) is 7.78. The molecular formula is C25H28N2O2. The fraction of sp³-hybridized carbons (Fsp3) is 0.320. The summed E-state index contributed by atoms with van der Waals surface area (Å²) in [5, 5.41) is 2.46. The first-order chi connectivity index (χ1) is 13.9. The number of carbonyl (C=O) groups is 1. The molecule has 29 heavy (non-hydrogen) atoms. The van der Waals surface area contributed by atoms with Crippen LogP contribution in [0.2, 0.25) is 0 Å². The topological polar surface area (TPSA) is 32.8 Å². The number of anilines is 1. The summed E-state index contributed by atoms with van der Waals surface area (Å²) >= 11 is 0. The normalized spacial score (nSPS) is 14.5. The molecule has 0 radical (unpaired) electrons. The molecule has 1 heterocycles. The Morgan fingerprint density at radius 3 is 2.31 bits per heavy atom. The maximum atomic E-state index is 12.4. The van der Waals surface area contributed by atoms with E-state index in [1.165, 1.54) is 22.0 Å². The summed E-state index contributed by atoms with van der Waals surface area (Å²) in [6, 6.07) is 25.8. The van der Waals surface area contributed by atoms with Gasteiger partial charge in [0.2, 0.25) is 0 Å². The molecule has 150 valence electrons. The predicted octanol–water partition coefficient (Wildman–Crippen LogP) is 5.47. The van der Waals surface area contributed by atoms with Crippen LogP contribution in [0.5, 0.6) is 0 Å². The van der Waals surface area contributed by atoms with Crippen LogP contribution in [0.25, 0.3) is 10.8 Å². The number of fused-ring (bicyclic) bond motifs is 1. The highest BCUT2D eigenvalue weighted by molar-refractivity contribution is 5.86. The van der Waals surface area contributed by atoms with Gasteiger partial charge in [0, 0.05) is 25.3 Å². The van der Waals surface area contributed by atoms with Gasteiger partial charge in [-0.3, -0.25) is 0 Å². The molecule has 4 heteroatoms. The van der Waals surface area contributed by atoms with Crippen molar-refractivity contribution in [2.75, 3.05) is 18.0 Å². The van der Waals surface area contributed by atoms with Crippen molar-refractivity contribution in [1.29, 1.82) is 0 Å². The summed E-state index contributed by atoms with van der Waals surface area (Å²) in [6.45, 7) is 7.87. The second-order valence-corrected chi connectivity index (χ2v) is 8.68. The molecule has 0 spiro atoms. The Morgan fingerprint density at radius 2 is 1.62 bits per heavy atom. The molecule has 0 unspecified atom stereocenters. The molecule has 0 bridgehead atoms. The van der Waals surface area contributed by atoms with Gasteiger partial charge in [0.05, 0.1) is 6.04 Å². The van der Waals surface area contributed by atoms with Crippen LogP contribution in [0.1, 0.15) is 26.3 Å². The van der Waals surface area contributed by atoms with Crippen molar-refractivity contribution in [2.24, 2.45) is 0 Å². The van der Waals surface area contributed by atoms with E-state index in [1.54, 1.807) is 4.90 Å². The van der Waals surface area contributed by atoms with Crippen LogP contribution in [0.4, 0.5) is 10.5 Å². The molecule has 4 nitrogen and oxygen atoms in total. The fourth-order valence-corrected chi connectivity index (χ4v) is 3.69. The quantitative estimate of drug-likeness (QED) is 0.594. The number of amides is 1. The maximum absolute atomic E-state index is 12.4. The van der Waals surface area contributed by atoms with E-state index in [0.717, 1.165) is 6.54 Å². The summed E-state index contributed by atoms with van der Waals surface area (Å²) in [7, 11) is 0. The van der Waals surface area contributed by atoms with Crippen molar-refractivity contribution in [1.82, 2.24) is 4.90 Å². The second-order valence-electron chi connectivity index (χ2n) is 8.68. The number of carbonyl (C=O) groups excluding carboxylic acids is 1. The summed E-state index contributed by atoms with van der Waals surface area (Å²) in [4.78, 5) is 16.6. The first kappa shape index (κ1) is 19.3. The van der Waals surface area contributed by atoms with E-state index in [4.69, 9.17) is 4.74 Å². The van der Waals surface area contributed by atoms with E-state index in [1.807, 2.05) is 26.8 Å². The zero-order chi connectivity index (χ0) is 20.4. The molecule has 0 aromatic heterocycles. The molecule has 1 aliphatic rings. The van der Waals surface area contributed by atoms with Crippen molar-refractivity contribution in [3.05, 3.63) is 78.4 Å². The highest BCUT2D eigenvalue weighted by Gasteiger charge is 2.37. The number of rotatable bonds is 4. The van der Waals surface area contributed by atoms with Crippen molar-refractivity contribution in [3.8, 4) is 0 Å². The lowest BCUT2D eigenvalue weighted by Crippen LogP contribution is -2.61. The Bertz CT molecular complexity index is 988. The minimum atomic E-state index is -0.468. The maximum Gasteiger partial charge on any atom is 0.410 e. The van der Waals surface area contributed by atoms with Crippen LogP contribution in [0.15, 0.2) is 72.8 Å². The van der Waals surface area contributed by atoms with Gasteiger partial charge in [-0.1, -0.05) is 60.7 Å². The summed E-state index contributed by atoms with van der Waals surface area (Å²) in [5.41, 5.74) is 1.97. The van der Waals surface area contributed by atoms with Gasteiger partial charge in [0.1, 0.15) is 5.60 Å². The molecule has 3 aromatic rings. The van der Waals surface area contributed by atoms with Gasteiger partial charge < -0.3 is 14.5 Å². The average molecular weight is 389 g/mol. The fourth-order valence-electron chi connectivity index (χ4n) is 3.69. The Kier molecular flexibility index (Phi) is 5.18. The average Bonchev–Trinajstić information content (AvgIpc) is 2.65. The lowest BCUT2D eigenvalue weighted by atomic mass is 10.0. The van der Waals surface area contributed by atoms with E-state index in [9.17, 15) is 4.79 Å². The molecule has 0 aliphatic carbocycles. The van der Waals surface area contributed by atoms with Crippen molar-refractivity contribution >= 4 is 22.6 Å². The SMILES string of the molecule is CC(C)(C)OC(=O)N1CC(N(Cc2ccccc2)c2ccc3ccccc3c2)C1. The molecule has 1 aliphatic heterocycles. The van der Waals surface area contributed by atoms with Crippen molar-refractivity contribution in [2.45, 2.75) is 39.0 Å². The van der Waals surface area contributed by atoms with E-state index >= 15 is 0 Å². The smallest absolute Gasteiger partial charge is 0.410 e. The van der Waals surface area contributed by atoms with Crippen LogP contribution < -0.4 is 4.90 Å². The molecule has 1 fully saturated rings. The zero-order valence-electron chi connectivity index (χ0n) is 17.3. The monoisotopic (exact) mass is 388 g/mol. The van der Waals surface area contributed by atoms with Gasteiger partial charge in [0.25, 0.3) is 0 Å². The number of benzene rings is 3. The first-order valence-electron chi connectivity index (χ1n) is 10.2. The number of hydrogen-bond donors (Lipinski definition) is 0. The van der Waals surface area contributed by atoms with E-state index in [2.05, 4.69) is 71.6 Å². The number of ether oxygens (including phenoxy) is 1. The molecule has 0 saturated carbocycles. The Morgan fingerprint density at radius 1 is 0.966 bits per heavy atom. The Balaban J connectivity index is 1.55. The third kappa shape index (κ3) is 4.53. The van der Waals surface area contributed by atoms with Gasteiger partial charge in [-0.15, -0.1) is 0 Å². The number of nitrogens with zero attached hydrogens (tertiary/aromatic N) is 2. The highest BCUT2D eigenvalue weighted by atomic mass is 16.6. The highest BCUT2D eigenvalue weighted by Crippen LogP contribution is 2.29. The lowest BCUT2D eigenvalue weighted by Gasteiger charge is -2.46. The van der Waals surface area contributed by atoms with Gasteiger partial charge in [-0.25, -0.2) is 4.79 Å². The van der Waals surface area contributed by atoms with Crippen molar-refractivity contribution < 1.29 is 9.53 Å². The molecule has 4 rings (SSSR count). The third-order valence-electron chi connectivity index (χ3n) is 5.22. The molecule has 0 atom stereocenters. The molecule has 1 saturated heterocycles. The summed E-state index contributed by atoms with van der Waals surface area (Å²) < 4.78 is 5.52. The van der Waals surface area contributed by atoms with Crippen LogP contribution in [-0.4, -0.2) is 35.7 Å². The minimum Gasteiger partial charge on any atom is -0.444 e. The lowest BCUT2D eigenvalue weighted by molar-refractivity contribution is 0.00800. The first-order valence-corrected chi connectivity index (χ1v) is 10.2. The van der Waals surface area contributed by atoms with Gasteiger partial charge in [-0.2, -0.15) is 0 Å². The molecular weight excluding hydrogens is 360 g/mol. The standard InChI is InChI=1S/C25H28N2O2/c1-25(2,3)29-24(28)26-17-23(18-26)27(16-19-9-5-4-6-10-19)22-14-13-20-11-7-8-12-21(20)15-22/h4-15,23H,16-18H2,1-3H3. The minimum absolute atomic E-state index is 0.230. The number of likely N-dealkylation sites (tertiary alicyclic amines) is 1. The van der Waals surface area contributed by atoms with Crippen LogP contribution in [-0.2, 0) is 11.3 Å². The number of hydrogen-bond acceptors (Lipinski definition) is 3. The van der Waals surface area contributed by atoms with Crippen LogP contribution in [0, 0.1) is 0 Å². The third-order valence-corrected chi connectivity index (χ3v) is 5.22. The van der Waals surface area contributed by atoms with Crippen molar-refractivity contribution in [3.63, 3.8) is 0 Å². The van der Waals surface area contributed by atoms with Gasteiger partial charge in [-0.05, 0) is 49.2 Å². The van der Waals surface area contributed by atoms with E-state index in [0.29, 0.717) is 13.1 Å². The zero-order valence-corrected chi connectivity index (χ0v) is 17.3. The summed E-state index contributed by atoms with van der Waals surface area (Å²) in [6.07, 6.45) is -0.230.